The molecule has 7 heteroatoms. The van der Waals surface area contributed by atoms with Crippen LogP contribution in [0.1, 0.15) is 17.0 Å². The number of hydrogen-bond donors (Lipinski definition) is 0. The van der Waals surface area contributed by atoms with Gasteiger partial charge in [-0.05, 0) is 46.2 Å². The Bertz CT molecular complexity index is 1230. The molecule has 1 amide bonds. The summed E-state index contributed by atoms with van der Waals surface area (Å²) in [5.41, 5.74) is 5.55. The van der Waals surface area contributed by atoms with Crippen molar-refractivity contribution < 1.29 is 4.79 Å². The smallest absolute Gasteiger partial charge is 0.227 e. The number of nitrogens with zero attached hydrogens (tertiary/aromatic N) is 6. The van der Waals surface area contributed by atoms with Crippen molar-refractivity contribution in [3.8, 4) is 16.8 Å². The first-order valence-electron chi connectivity index (χ1n) is 11.6. The third-order valence-corrected chi connectivity index (χ3v) is 6.32. The SMILES string of the molecule is Cc1ccc(-n2nnnc2CN2CCN(C(=O)Cc3ccc(-c4ccccc4)cc3)CC2)cc1. The summed E-state index contributed by atoms with van der Waals surface area (Å²) in [5.74, 6) is 0.985. The van der Waals surface area contributed by atoms with Crippen molar-refractivity contribution >= 4 is 5.91 Å². The maximum atomic E-state index is 12.9. The summed E-state index contributed by atoms with van der Waals surface area (Å²) in [5, 5.41) is 12.3. The van der Waals surface area contributed by atoms with Gasteiger partial charge in [-0.1, -0.05) is 72.3 Å². The van der Waals surface area contributed by atoms with Gasteiger partial charge in [0.15, 0.2) is 5.82 Å². The lowest BCUT2D eigenvalue weighted by molar-refractivity contribution is -0.132. The molecule has 4 aromatic rings. The van der Waals surface area contributed by atoms with Gasteiger partial charge in [0.2, 0.25) is 5.91 Å². The summed E-state index contributed by atoms with van der Waals surface area (Å²) < 4.78 is 1.79. The molecule has 34 heavy (non-hydrogen) atoms. The summed E-state index contributed by atoms with van der Waals surface area (Å²) in [6, 6.07) is 26.7. The van der Waals surface area contributed by atoms with Gasteiger partial charge in [0, 0.05) is 26.2 Å². The van der Waals surface area contributed by atoms with E-state index in [1.165, 1.54) is 16.7 Å². The van der Waals surface area contributed by atoms with E-state index in [1.54, 1.807) is 4.68 Å². The predicted molar refractivity (Wildman–Crippen MR) is 131 cm³/mol. The third-order valence-electron chi connectivity index (χ3n) is 6.32. The molecule has 0 unspecified atom stereocenters. The molecule has 0 radical (unpaired) electrons. The van der Waals surface area contributed by atoms with Crippen LogP contribution >= 0.6 is 0 Å². The number of carbonyl (C=O) groups is 1. The Labute approximate surface area is 199 Å². The summed E-state index contributed by atoms with van der Waals surface area (Å²) in [7, 11) is 0. The van der Waals surface area contributed by atoms with E-state index in [4.69, 9.17) is 0 Å². The van der Waals surface area contributed by atoms with E-state index in [-0.39, 0.29) is 5.91 Å². The van der Waals surface area contributed by atoms with Crippen LogP contribution in [-0.2, 0) is 17.8 Å². The molecule has 0 bridgehead atoms. The van der Waals surface area contributed by atoms with Crippen LogP contribution in [0, 0.1) is 6.92 Å². The molecule has 0 aliphatic carbocycles. The van der Waals surface area contributed by atoms with E-state index in [2.05, 4.69) is 75.9 Å². The van der Waals surface area contributed by atoms with E-state index >= 15 is 0 Å². The molecule has 2 heterocycles. The van der Waals surface area contributed by atoms with Crippen LogP contribution in [0.4, 0.5) is 0 Å². The molecular formula is C27H28N6O. The highest BCUT2D eigenvalue weighted by Gasteiger charge is 2.23. The molecular weight excluding hydrogens is 424 g/mol. The summed E-state index contributed by atoms with van der Waals surface area (Å²) >= 11 is 0. The van der Waals surface area contributed by atoms with Crippen LogP contribution in [0.3, 0.4) is 0 Å². The average molecular weight is 453 g/mol. The van der Waals surface area contributed by atoms with Crippen molar-refractivity contribution in [1.29, 1.82) is 0 Å². The van der Waals surface area contributed by atoms with Crippen LogP contribution in [0.2, 0.25) is 0 Å². The first-order valence-corrected chi connectivity index (χ1v) is 11.6. The van der Waals surface area contributed by atoms with Gasteiger partial charge >= 0.3 is 0 Å². The number of amides is 1. The van der Waals surface area contributed by atoms with Crippen LogP contribution in [0.5, 0.6) is 0 Å². The fourth-order valence-electron chi connectivity index (χ4n) is 4.28. The normalized spacial score (nSPS) is 14.3. The Hall–Kier alpha value is -3.84. The first kappa shape index (κ1) is 22.0. The summed E-state index contributed by atoms with van der Waals surface area (Å²) in [6.07, 6.45) is 0.431. The predicted octanol–water partition coefficient (Wildman–Crippen LogP) is 3.52. The molecule has 0 N–H and O–H groups in total. The Morgan fingerprint density at radius 1 is 0.824 bits per heavy atom. The van der Waals surface area contributed by atoms with E-state index in [1.807, 2.05) is 35.2 Å². The molecule has 1 saturated heterocycles. The molecule has 0 spiro atoms. The molecule has 7 nitrogen and oxygen atoms in total. The van der Waals surface area contributed by atoms with E-state index < -0.39 is 0 Å². The highest BCUT2D eigenvalue weighted by atomic mass is 16.2. The second kappa shape index (κ2) is 9.97. The third kappa shape index (κ3) is 5.05. The minimum atomic E-state index is 0.177. The number of benzene rings is 3. The van der Waals surface area contributed by atoms with Gasteiger partial charge < -0.3 is 4.90 Å². The monoisotopic (exact) mass is 452 g/mol. The number of aromatic nitrogens is 4. The molecule has 3 aromatic carbocycles. The Kier molecular flexibility index (Phi) is 6.44. The van der Waals surface area contributed by atoms with Crippen LogP contribution in [0.25, 0.3) is 16.8 Å². The van der Waals surface area contributed by atoms with E-state index in [9.17, 15) is 4.79 Å². The van der Waals surface area contributed by atoms with Crippen molar-refractivity contribution in [1.82, 2.24) is 30.0 Å². The fraction of sp³-hybridized carbons (Fsp3) is 0.259. The Morgan fingerprint density at radius 2 is 1.50 bits per heavy atom. The lowest BCUT2D eigenvalue weighted by Crippen LogP contribution is -2.48. The van der Waals surface area contributed by atoms with Gasteiger partial charge in [-0.2, -0.15) is 4.68 Å². The number of tetrazole rings is 1. The molecule has 5 rings (SSSR count). The maximum absolute atomic E-state index is 12.9. The molecule has 1 aliphatic rings. The largest absolute Gasteiger partial charge is 0.340 e. The molecule has 1 aromatic heterocycles. The summed E-state index contributed by atoms with van der Waals surface area (Å²) in [6.45, 7) is 5.76. The molecule has 0 saturated carbocycles. The Balaban J connectivity index is 1.14. The highest BCUT2D eigenvalue weighted by molar-refractivity contribution is 5.79. The second-order valence-electron chi connectivity index (χ2n) is 8.74. The standard InChI is InChI=1S/C27H28N6O/c1-21-7-13-25(14-8-21)33-26(28-29-30-33)20-31-15-17-32(18-16-31)27(34)19-22-9-11-24(12-10-22)23-5-3-2-4-6-23/h2-14H,15-20H2,1H3. The number of carbonyl (C=O) groups excluding carboxylic acids is 1. The topological polar surface area (TPSA) is 67.2 Å². The fourth-order valence-corrected chi connectivity index (χ4v) is 4.28. The van der Waals surface area contributed by atoms with E-state index in [0.29, 0.717) is 26.1 Å². The molecule has 1 fully saturated rings. The van der Waals surface area contributed by atoms with Crippen LogP contribution in [0.15, 0.2) is 78.9 Å². The van der Waals surface area contributed by atoms with Crippen molar-refractivity contribution in [3.05, 3.63) is 95.8 Å². The van der Waals surface area contributed by atoms with Crippen molar-refractivity contribution in [3.63, 3.8) is 0 Å². The molecule has 0 atom stereocenters. The van der Waals surface area contributed by atoms with Gasteiger partial charge in [0.25, 0.3) is 0 Å². The maximum Gasteiger partial charge on any atom is 0.227 e. The molecule has 1 aliphatic heterocycles. The van der Waals surface area contributed by atoms with Crippen LogP contribution < -0.4 is 0 Å². The van der Waals surface area contributed by atoms with E-state index in [0.717, 1.165) is 30.2 Å². The van der Waals surface area contributed by atoms with Crippen molar-refractivity contribution in [2.75, 3.05) is 26.2 Å². The minimum Gasteiger partial charge on any atom is -0.340 e. The number of aryl methyl sites for hydroxylation is 1. The average Bonchev–Trinajstić information content (AvgIpc) is 3.34. The zero-order chi connectivity index (χ0) is 23.3. The second-order valence-corrected chi connectivity index (χ2v) is 8.74. The number of hydrogen-bond acceptors (Lipinski definition) is 5. The quantitative estimate of drug-likeness (QED) is 0.448. The summed E-state index contributed by atoms with van der Waals surface area (Å²) in [4.78, 5) is 17.1. The van der Waals surface area contributed by atoms with Gasteiger partial charge in [0.05, 0.1) is 18.7 Å². The first-order chi connectivity index (χ1) is 16.7. The highest BCUT2D eigenvalue weighted by Crippen LogP contribution is 2.20. The molecule has 172 valence electrons. The van der Waals surface area contributed by atoms with Crippen molar-refractivity contribution in [2.24, 2.45) is 0 Å². The lowest BCUT2D eigenvalue weighted by atomic mass is 10.0. The Morgan fingerprint density at radius 3 is 2.21 bits per heavy atom. The number of rotatable bonds is 6. The van der Waals surface area contributed by atoms with Crippen LogP contribution in [-0.4, -0.2) is 62.1 Å². The number of piperazine rings is 1. The zero-order valence-corrected chi connectivity index (χ0v) is 19.3. The van der Waals surface area contributed by atoms with Gasteiger partial charge in [-0.15, -0.1) is 5.10 Å². The van der Waals surface area contributed by atoms with Crippen molar-refractivity contribution in [2.45, 2.75) is 19.9 Å². The van der Waals surface area contributed by atoms with Gasteiger partial charge in [0.1, 0.15) is 0 Å². The lowest BCUT2D eigenvalue weighted by Gasteiger charge is -2.34. The van der Waals surface area contributed by atoms with Gasteiger partial charge in [-0.3, -0.25) is 9.69 Å². The van der Waals surface area contributed by atoms with Gasteiger partial charge in [-0.25, -0.2) is 0 Å². The minimum absolute atomic E-state index is 0.177. The zero-order valence-electron chi connectivity index (χ0n) is 19.3.